The molecule has 1 saturated heterocycles. The number of thiol groups is 1. The Morgan fingerprint density at radius 3 is 2.77 bits per heavy atom. The molecule has 0 saturated carbocycles. The minimum atomic E-state index is 0.846. The maximum Gasteiger partial charge on any atom is 0.0163 e. The maximum atomic E-state index is 4.14. The molecule has 0 amide bonds. The summed E-state index contributed by atoms with van der Waals surface area (Å²) in [4.78, 5) is 2.53. The summed E-state index contributed by atoms with van der Waals surface area (Å²) in [7, 11) is 0. The van der Waals surface area contributed by atoms with Crippen molar-refractivity contribution in [1.29, 1.82) is 0 Å². The zero-order valence-corrected chi connectivity index (χ0v) is 9.63. The van der Waals surface area contributed by atoms with Gasteiger partial charge in [0.25, 0.3) is 0 Å². The molecule has 1 unspecified atom stereocenters. The summed E-state index contributed by atoms with van der Waals surface area (Å²) in [5.41, 5.74) is 0. The van der Waals surface area contributed by atoms with E-state index < -0.39 is 0 Å². The van der Waals surface area contributed by atoms with E-state index in [1.165, 1.54) is 19.5 Å². The molecule has 1 heterocycles. The van der Waals surface area contributed by atoms with Crippen molar-refractivity contribution in [2.75, 3.05) is 25.4 Å². The predicted octanol–water partition coefficient (Wildman–Crippen LogP) is 2.45. The standard InChI is InChI=1S/C11H21NS/c1-10(2)11-5-7-12(9-11)6-3-4-8-13/h3-4,10-11,13H,5-9H2,1-2H3/b4-3+. The van der Waals surface area contributed by atoms with E-state index in [2.05, 4.69) is 43.5 Å². The lowest BCUT2D eigenvalue weighted by atomic mass is 9.95. The molecular weight excluding hydrogens is 178 g/mol. The zero-order valence-electron chi connectivity index (χ0n) is 8.74. The van der Waals surface area contributed by atoms with E-state index >= 15 is 0 Å². The number of likely N-dealkylation sites (tertiary alicyclic amines) is 1. The molecule has 0 aliphatic carbocycles. The van der Waals surface area contributed by atoms with Gasteiger partial charge in [-0.3, -0.25) is 4.90 Å². The highest BCUT2D eigenvalue weighted by atomic mass is 32.1. The van der Waals surface area contributed by atoms with Crippen molar-refractivity contribution in [2.45, 2.75) is 20.3 Å². The summed E-state index contributed by atoms with van der Waals surface area (Å²) in [5, 5.41) is 0. The molecule has 1 rings (SSSR count). The van der Waals surface area contributed by atoms with Crippen molar-refractivity contribution in [3.8, 4) is 0 Å². The summed E-state index contributed by atoms with van der Waals surface area (Å²) in [6.07, 6.45) is 5.74. The Morgan fingerprint density at radius 1 is 1.46 bits per heavy atom. The molecule has 1 fully saturated rings. The topological polar surface area (TPSA) is 3.24 Å². The fourth-order valence-corrected chi connectivity index (χ4v) is 2.02. The van der Waals surface area contributed by atoms with E-state index in [0.717, 1.165) is 24.1 Å². The molecule has 0 spiro atoms. The van der Waals surface area contributed by atoms with Crippen molar-refractivity contribution in [3.05, 3.63) is 12.2 Å². The van der Waals surface area contributed by atoms with E-state index in [4.69, 9.17) is 0 Å². The molecule has 1 aliphatic heterocycles. The summed E-state index contributed by atoms with van der Waals surface area (Å²) in [6, 6.07) is 0. The molecule has 0 N–H and O–H groups in total. The Morgan fingerprint density at radius 2 is 2.23 bits per heavy atom. The number of rotatable bonds is 4. The van der Waals surface area contributed by atoms with Crippen LogP contribution in [0.1, 0.15) is 20.3 Å². The van der Waals surface area contributed by atoms with E-state index in [-0.39, 0.29) is 0 Å². The molecule has 0 aromatic rings. The second-order valence-electron chi connectivity index (χ2n) is 4.21. The third kappa shape index (κ3) is 3.74. The van der Waals surface area contributed by atoms with Gasteiger partial charge in [0.1, 0.15) is 0 Å². The van der Waals surface area contributed by atoms with Gasteiger partial charge in [-0.05, 0) is 24.8 Å². The van der Waals surface area contributed by atoms with E-state index in [1.807, 2.05) is 0 Å². The van der Waals surface area contributed by atoms with Gasteiger partial charge in [0.2, 0.25) is 0 Å². The third-order valence-electron chi connectivity index (χ3n) is 2.89. The Hall–Kier alpha value is 0.0500. The highest BCUT2D eigenvalue weighted by Gasteiger charge is 2.23. The average Bonchev–Trinajstić information content (AvgIpc) is 2.53. The van der Waals surface area contributed by atoms with Crippen LogP contribution in [-0.2, 0) is 0 Å². The average molecular weight is 199 g/mol. The Labute approximate surface area is 87.6 Å². The molecule has 13 heavy (non-hydrogen) atoms. The normalized spacial score (nSPS) is 25.1. The van der Waals surface area contributed by atoms with Crippen LogP contribution < -0.4 is 0 Å². The first kappa shape index (κ1) is 11.1. The van der Waals surface area contributed by atoms with Gasteiger partial charge in [-0.15, -0.1) is 0 Å². The molecule has 0 aromatic heterocycles. The van der Waals surface area contributed by atoms with Gasteiger partial charge in [0.05, 0.1) is 0 Å². The highest BCUT2D eigenvalue weighted by Crippen LogP contribution is 2.23. The number of nitrogens with zero attached hydrogens (tertiary/aromatic N) is 1. The first-order valence-corrected chi connectivity index (χ1v) is 5.85. The van der Waals surface area contributed by atoms with Crippen LogP contribution in [0.15, 0.2) is 12.2 Å². The summed E-state index contributed by atoms with van der Waals surface area (Å²) < 4.78 is 0. The van der Waals surface area contributed by atoms with Gasteiger partial charge in [-0.25, -0.2) is 0 Å². The Kier molecular flexibility index (Phi) is 4.89. The van der Waals surface area contributed by atoms with Crippen LogP contribution in [0.5, 0.6) is 0 Å². The largest absolute Gasteiger partial charge is 0.299 e. The quantitative estimate of drug-likeness (QED) is 0.538. The van der Waals surface area contributed by atoms with Gasteiger partial charge >= 0.3 is 0 Å². The fraction of sp³-hybridized carbons (Fsp3) is 0.818. The van der Waals surface area contributed by atoms with Crippen LogP contribution in [0.3, 0.4) is 0 Å². The van der Waals surface area contributed by atoms with Gasteiger partial charge in [0.15, 0.2) is 0 Å². The molecule has 1 nitrogen and oxygen atoms in total. The molecule has 0 bridgehead atoms. The van der Waals surface area contributed by atoms with Crippen LogP contribution in [-0.4, -0.2) is 30.3 Å². The van der Waals surface area contributed by atoms with E-state index in [9.17, 15) is 0 Å². The molecule has 0 aromatic carbocycles. The lowest BCUT2D eigenvalue weighted by molar-refractivity contribution is 0.329. The lowest BCUT2D eigenvalue weighted by Crippen LogP contribution is -2.21. The van der Waals surface area contributed by atoms with Gasteiger partial charge in [-0.2, -0.15) is 12.6 Å². The zero-order chi connectivity index (χ0) is 9.68. The molecule has 1 atom stereocenters. The Bertz CT molecular complexity index is 165. The van der Waals surface area contributed by atoms with Crippen LogP contribution in [0, 0.1) is 11.8 Å². The van der Waals surface area contributed by atoms with Crippen LogP contribution in [0.4, 0.5) is 0 Å². The summed E-state index contributed by atoms with van der Waals surface area (Å²) >= 11 is 4.14. The molecule has 76 valence electrons. The molecule has 1 aliphatic rings. The van der Waals surface area contributed by atoms with Gasteiger partial charge < -0.3 is 0 Å². The van der Waals surface area contributed by atoms with Crippen molar-refractivity contribution in [2.24, 2.45) is 11.8 Å². The lowest BCUT2D eigenvalue weighted by Gasteiger charge is -2.15. The van der Waals surface area contributed by atoms with Crippen LogP contribution in [0.2, 0.25) is 0 Å². The van der Waals surface area contributed by atoms with Crippen molar-refractivity contribution >= 4 is 12.6 Å². The summed E-state index contributed by atoms with van der Waals surface area (Å²) in [6.45, 7) is 8.34. The van der Waals surface area contributed by atoms with Gasteiger partial charge in [0, 0.05) is 18.8 Å². The van der Waals surface area contributed by atoms with Crippen molar-refractivity contribution in [1.82, 2.24) is 4.90 Å². The predicted molar refractivity (Wildman–Crippen MR) is 62.4 cm³/mol. The van der Waals surface area contributed by atoms with E-state index in [0.29, 0.717) is 0 Å². The molecule has 2 heteroatoms. The first-order valence-electron chi connectivity index (χ1n) is 5.22. The monoisotopic (exact) mass is 199 g/mol. The summed E-state index contributed by atoms with van der Waals surface area (Å²) in [5.74, 6) is 2.63. The Balaban J connectivity index is 2.21. The van der Waals surface area contributed by atoms with Crippen molar-refractivity contribution in [3.63, 3.8) is 0 Å². The second-order valence-corrected chi connectivity index (χ2v) is 4.57. The van der Waals surface area contributed by atoms with E-state index in [1.54, 1.807) is 0 Å². The van der Waals surface area contributed by atoms with Crippen LogP contribution in [0.25, 0.3) is 0 Å². The third-order valence-corrected chi connectivity index (χ3v) is 3.10. The maximum absolute atomic E-state index is 4.14. The minimum absolute atomic E-state index is 0.846. The second kappa shape index (κ2) is 5.71. The fourth-order valence-electron chi connectivity index (χ4n) is 1.87. The van der Waals surface area contributed by atoms with Crippen molar-refractivity contribution < 1.29 is 0 Å². The molecular formula is C11H21NS. The smallest absolute Gasteiger partial charge is 0.0163 e. The number of hydrogen-bond donors (Lipinski definition) is 1. The number of hydrogen-bond acceptors (Lipinski definition) is 2. The van der Waals surface area contributed by atoms with Gasteiger partial charge in [-0.1, -0.05) is 26.0 Å². The SMILES string of the molecule is CC(C)C1CCN(C/C=C/CS)C1. The van der Waals surface area contributed by atoms with Crippen LogP contribution >= 0.6 is 12.6 Å². The first-order chi connectivity index (χ1) is 6.24. The molecule has 0 radical (unpaired) electrons. The highest BCUT2D eigenvalue weighted by molar-refractivity contribution is 7.80. The minimum Gasteiger partial charge on any atom is -0.299 e.